The van der Waals surface area contributed by atoms with Crippen molar-refractivity contribution in [1.82, 2.24) is 5.32 Å². The summed E-state index contributed by atoms with van der Waals surface area (Å²) in [5, 5.41) is 12.2. The molecule has 0 aromatic heterocycles. The fraction of sp³-hybridized carbons (Fsp3) is 0.889. The molecule has 1 rings (SSSR count). The summed E-state index contributed by atoms with van der Waals surface area (Å²) < 4.78 is 0. The molecule has 12 heavy (non-hydrogen) atoms. The van der Waals surface area contributed by atoms with Gasteiger partial charge >= 0.3 is 0 Å². The normalized spacial score (nSPS) is 30.7. The molecule has 1 aliphatic heterocycles. The summed E-state index contributed by atoms with van der Waals surface area (Å²) in [5.41, 5.74) is -0.304. The molecule has 0 radical (unpaired) electrons. The number of aliphatic hydroxyl groups excluding tert-OH is 1. The minimum atomic E-state index is -0.346. The van der Waals surface area contributed by atoms with E-state index in [1.54, 1.807) is 0 Å². The summed E-state index contributed by atoms with van der Waals surface area (Å²) in [5.74, 6) is 0.194. The fourth-order valence-corrected chi connectivity index (χ4v) is 1.44. The molecule has 1 fully saturated rings. The average Bonchev–Trinajstić information content (AvgIpc) is 2.32. The Labute approximate surface area is 73.2 Å². The minimum absolute atomic E-state index is 0.139. The third-order valence-corrected chi connectivity index (χ3v) is 2.16. The van der Waals surface area contributed by atoms with Crippen molar-refractivity contribution >= 4 is 5.78 Å². The Morgan fingerprint density at radius 3 is 2.42 bits per heavy atom. The second-order valence-corrected chi connectivity index (χ2v) is 4.46. The molecule has 3 heteroatoms. The van der Waals surface area contributed by atoms with Crippen molar-refractivity contribution in [3.63, 3.8) is 0 Å². The Bertz CT molecular complexity index is 183. The zero-order chi connectivity index (χ0) is 9.35. The van der Waals surface area contributed by atoms with E-state index >= 15 is 0 Å². The van der Waals surface area contributed by atoms with Crippen LogP contribution in [-0.4, -0.2) is 29.6 Å². The third kappa shape index (κ3) is 2.05. The molecule has 1 unspecified atom stereocenters. The van der Waals surface area contributed by atoms with Gasteiger partial charge in [0.1, 0.15) is 0 Å². The van der Waals surface area contributed by atoms with Crippen molar-refractivity contribution in [2.24, 2.45) is 5.41 Å². The van der Waals surface area contributed by atoms with Crippen LogP contribution in [-0.2, 0) is 4.79 Å². The van der Waals surface area contributed by atoms with Crippen molar-refractivity contribution in [1.29, 1.82) is 0 Å². The number of carbonyl (C=O) groups excluding carboxylic acids is 1. The molecule has 1 saturated heterocycles. The Hall–Kier alpha value is -0.410. The van der Waals surface area contributed by atoms with Gasteiger partial charge in [0.25, 0.3) is 0 Å². The largest absolute Gasteiger partial charge is 0.392 e. The number of rotatable bonds is 1. The Balaban J connectivity index is 2.55. The highest BCUT2D eigenvalue weighted by molar-refractivity contribution is 5.89. The van der Waals surface area contributed by atoms with Crippen molar-refractivity contribution in [2.45, 2.75) is 39.3 Å². The maximum Gasteiger partial charge on any atom is 0.155 e. The fourth-order valence-electron chi connectivity index (χ4n) is 1.44. The van der Waals surface area contributed by atoms with Gasteiger partial charge in [0.05, 0.1) is 12.1 Å². The number of carbonyl (C=O) groups is 1. The van der Waals surface area contributed by atoms with Gasteiger partial charge in [-0.1, -0.05) is 20.8 Å². The first-order valence-corrected chi connectivity index (χ1v) is 4.37. The second-order valence-electron chi connectivity index (χ2n) is 4.46. The lowest BCUT2D eigenvalue weighted by atomic mass is 9.86. The molecule has 2 N–H and O–H groups in total. The van der Waals surface area contributed by atoms with Gasteiger partial charge in [-0.3, -0.25) is 4.79 Å². The maximum atomic E-state index is 11.6. The predicted molar refractivity (Wildman–Crippen MR) is 46.9 cm³/mol. The van der Waals surface area contributed by atoms with Crippen LogP contribution >= 0.6 is 0 Å². The summed E-state index contributed by atoms with van der Waals surface area (Å²) in [6, 6.07) is -0.139. The van der Waals surface area contributed by atoms with E-state index in [1.807, 2.05) is 20.8 Å². The van der Waals surface area contributed by atoms with Crippen LogP contribution in [0.5, 0.6) is 0 Å². The Kier molecular flexibility index (Phi) is 2.54. The number of hydrogen-bond donors (Lipinski definition) is 2. The Morgan fingerprint density at radius 1 is 1.50 bits per heavy atom. The van der Waals surface area contributed by atoms with Gasteiger partial charge in [-0.25, -0.2) is 0 Å². The lowest BCUT2D eigenvalue weighted by molar-refractivity contribution is -0.128. The molecule has 3 nitrogen and oxygen atoms in total. The SMILES string of the molecule is CC(C)(C)C(=O)C1C[C@H](O)CN1. The Morgan fingerprint density at radius 2 is 2.08 bits per heavy atom. The molecule has 0 saturated carbocycles. The van der Waals surface area contributed by atoms with E-state index in [0.717, 1.165) is 0 Å². The number of ketones is 1. The molecular formula is C9H17NO2. The van der Waals surface area contributed by atoms with E-state index in [1.165, 1.54) is 0 Å². The van der Waals surface area contributed by atoms with Crippen LogP contribution in [0, 0.1) is 5.41 Å². The average molecular weight is 171 g/mol. The minimum Gasteiger partial charge on any atom is -0.392 e. The summed E-state index contributed by atoms with van der Waals surface area (Å²) in [6.07, 6.45) is 0.220. The van der Waals surface area contributed by atoms with Crippen molar-refractivity contribution in [3.05, 3.63) is 0 Å². The second kappa shape index (κ2) is 3.15. The first-order chi connectivity index (χ1) is 5.41. The van der Waals surface area contributed by atoms with Crippen LogP contribution in [0.25, 0.3) is 0 Å². The smallest absolute Gasteiger partial charge is 0.155 e. The summed E-state index contributed by atoms with van der Waals surface area (Å²) in [6.45, 7) is 6.26. The molecule has 1 heterocycles. The van der Waals surface area contributed by atoms with E-state index in [4.69, 9.17) is 0 Å². The van der Waals surface area contributed by atoms with Gasteiger partial charge in [-0.2, -0.15) is 0 Å². The first kappa shape index (κ1) is 9.68. The molecule has 0 bridgehead atoms. The molecule has 0 aromatic carbocycles. The van der Waals surface area contributed by atoms with Crippen LogP contribution < -0.4 is 5.32 Å². The zero-order valence-electron chi connectivity index (χ0n) is 7.92. The molecule has 0 aromatic rings. The van der Waals surface area contributed by atoms with E-state index in [2.05, 4.69) is 5.32 Å². The van der Waals surface area contributed by atoms with Crippen molar-refractivity contribution in [2.75, 3.05) is 6.54 Å². The van der Waals surface area contributed by atoms with Gasteiger partial charge in [0.15, 0.2) is 5.78 Å². The van der Waals surface area contributed by atoms with E-state index in [-0.39, 0.29) is 23.3 Å². The highest BCUT2D eigenvalue weighted by atomic mass is 16.3. The van der Waals surface area contributed by atoms with Crippen LogP contribution in [0.4, 0.5) is 0 Å². The van der Waals surface area contributed by atoms with Crippen LogP contribution in [0.2, 0.25) is 0 Å². The molecule has 0 aliphatic carbocycles. The predicted octanol–water partition coefficient (Wildman–Crippen LogP) is 0.324. The number of aliphatic hydroxyl groups is 1. The zero-order valence-corrected chi connectivity index (χ0v) is 7.92. The molecular weight excluding hydrogens is 154 g/mol. The van der Waals surface area contributed by atoms with E-state index < -0.39 is 0 Å². The molecule has 0 amide bonds. The highest BCUT2D eigenvalue weighted by Crippen LogP contribution is 2.21. The lowest BCUT2D eigenvalue weighted by Crippen LogP contribution is -2.38. The van der Waals surface area contributed by atoms with Crippen LogP contribution in [0.1, 0.15) is 27.2 Å². The lowest BCUT2D eigenvalue weighted by Gasteiger charge is -2.21. The van der Waals surface area contributed by atoms with Gasteiger partial charge in [0, 0.05) is 12.0 Å². The van der Waals surface area contributed by atoms with Crippen LogP contribution in [0.15, 0.2) is 0 Å². The molecule has 70 valence electrons. The van der Waals surface area contributed by atoms with Crippen molar-refractivity contribution < 1.29 is 9.90 Å². The van der Waals surface area contributed by atoms with Crippen LogP contribution in [0.3, 0.4) is 0 Å². The van der Waals surface area contributed by atoms with Gasteiger partial charge < -0.3 is 10.4 Å². The van der Waals surface area contributed by atoms with E-state index in [9.17, 15) is 9.90 Å². The number of hydrogen-bond acceptors (Lipinski definition) is 3. The summed E-state index contributed by atoms with van der Waals surface area (Å²) >= 11 is 0. The topological polar surface area (TPSA) is 49.3 Å². The summed E-state index contributed by atoms with van der Waals surface area (Å²) in [4.78, 5) is 11.6. The van der Waals surface area contributed by atoms with Gasteiger partial charge in [-0.05, 0) is 6.42 Å². The first-order valence-electron chi connectivity index (χ1n) is 4.37. The van der Waals surface area contributed by atoms with Gasteiger partial charge in [-0.15, -0.1) is 0 Å². The molecule has 2 atom stereocenters. The number of nitrogens with one attached hydrogen (secondary N) is 1. The third-order valence-electron chi connectivity index (χ3n) is 2.16. The quantitative estimate of drug-likeness (QED) is 0.597. The van der Waals surface area contributed by atoms with Crippen molar-refractivity contribution in [3.8, 4) is 0 Å². The number of β-amino-alcohol motifs (C(OH)–C–C–N with tert-alkyl or cyclic N) is 1. The van der Waals surface area contributed by atoms with E-state index in [0.29, 0.717) is 13.0 Å². The molecule has 0 spiro atoms. The maximum absolute atomic E-state index is 11.6. The highest BCUT2D eigenvalue weighted by Gasteiger charge is 2.34. The van der Waals surface area contributed by atoms with Gasteiger partial charge in [0.2, 0.25) is 0 Å². The monoisotopic (exact) mass is 171 g/mol. The number of Topliss-reactive ketones (excluding diaryl/α,β-unsaturated/α-hetero) is 1. The summed E-state index contributed by atoms with van der Waals surface area (Å²) in [7, 11) is 0. The standard InChI is InChI=1S/C9H17NO2/c1-9(2,3)8(12)7-4-6(11)5-10-7/h6-7,10-11H,4-5H2,1-3H3/t6-,7?/m0/s1. The molecule has 1 aliphatic rings.